The number of aromatic nitrogens is 4. The number of rotatable bonds is 7. The van der Waals surface area contributed by atoms with E-state index in [1.165, 1.54) is 10.9 Å². The molecule has 3 aromatic rings. The van der Waals surface area contributed by atoms with E-state index in [-0.39, 0.29) is 24.1 Å². The Kier molecular flexibility index (Phi) is 6.49. The minimum absolute atomic E-state index is 0.0359. The molecule has 2 heterocycles. The largest absolute Gasteiger partial charge is 0.352 e. The third-order valence-electron chi connectivity index (χ3n) is 6.21. The van der Waals surface area contributed by atoms with E-state index in [0.29, 0.717) is 23.6 Å². The van der Waals surface area contributed by atoms with E-state index >= 15 is 0 Å². The molecule has 4 rings (SSSR count). The minimum Gasteiger partial charge on any atom is -0.352 e. The first-order chi connectivity index (χ1) is 15.1. The first-order valence-corrected chi connectivity index (χ1v) is 11.4. The van der Waals surface area contributed by atoms with Gasteiger partial charge in [0.15, 0.2) is 5.82 Å². The second kappa shape index (κ2) is 9.45. The zero-order chi connectivity index (χ0) is 21.8. The molecule has 1 amide bonds. The molecule has 31 heavy (non-hydrogen) atoms. The molecule has 1 aliphatic carbocycles. The smallest absolute Gasteiger partial charge is 0.279 e. The second-order valence-corrected chi connectivity index (χ2v) is 8.47. The maximum atomic E-state index is 13.2. The van der Waals surface area contributed by atoms with Crippen LogP contribution in [0.5, 0.6) is 0 Å². The predicted octanol–water partition coefficient (Wildman–Crippen LogP) is 3.66. The van der Waals surface area contributed by atoms with Gasteiger partial charge in [-0.2, -0.15) is 9.50 Å². The Hall–Kier alpha value is -2.96. The quantitative estimate of drug-likeness (QED) is 0.631. The van der Waals surface area contributed by atoms with Gasteiger partial charge in [0.25, 0.3) is 5.56 Å². The fourth-order valence-electron chi connectivity index (χ4n) is 4.41. The van der Waals surface area contributed by atoms with Crippen LogP contribution in [0.4, 0.5) is 0 Å². The number of unbranched alkanes of at least 4 members (excludes halogenated alkanes) is 1. The SMILES string of the molecule is CCCCc1c(C)n(CC(=O)NC2CCCCC2)c2nc(-c3ccccc3)nn2c1=O. The lowest BCUT2D eigenvalue weighted by molar-refractivity contribution is -0.122. The highest BCUT2D eigenvalue weighted by atomic mass is 16.2. The van der Waals surface area contributed by atoms with Crippen molar-refractivity contribution >= 4 is 11.7 Å². The summed E-state index contributed by atoms with van der Waals surface area (Å²) < 4.78 is 3.22. The Morgan fingerprint density at radius 1 is 1.16 bits per heavy atom. The Bertz CT molecular complexity index is 1110. The highest BCUT2D eigenvalue weighted by Gasteiger charge is 2.21. The summed E-state index contributed by atoms with van der Waals surface area (Å²) in [6.45, 7) is 4.16. The van der Waals surface area contributed by atoms with Crippen molar-refractivity contribution in [2.24, 2.45) is 0 Å². The summed E-state index contributed by atoms with van der Waals surface area (Å²) in [5, 5.41) is 7.70. The average molecular weight is 422 g/mol. The van der Waals surface area contributed by atoms with Crippen molar-refractivity contribution in [3.8, 4) is 11.4 Å². The molecule has 0 unspecified atom stereocenters. The zero-order valence-electron chi connectivity index (χ0n) is 18.4. The van der Waals surface area contributed by atoms with Crippen molar-refractivity contribution in [1.29, 1.82) is 0 Å². The summed E-state index contributed by atoms with van der Waals surface area (Å²) in [5.41, 5.74) is 2.22. The summed E-state index contributed by atoms with van der Waals surface area (Å²) in [7, 11) is 0. The van der Waals surface area contributed by atoms with Crippen molar-refractivity contribution in [2.45, 2.75) is 77.8 Å². The number of hydrogen-bond donors (Lipinski definition) is 1. The summed E-state index contributed by atoms with van der Waals surface area (Å²) >= 11 is 0. The first kappa shape index (κ1) is 21.3. The van der Waals surface area contributed by atoms with Crippen molar-refractivity contribution in [3.05, 3.63) is 51.9 Å². The second-order valence-electron chi connectivity index (χ2n) is 8.47. The third kappa shape index (κ3) is 4.55. The third-order valence-corrected chi connectivity index (χ3v) is 6.21. The van der Waals surface area contributed by atoms with Crippen molar-refractivity contribution in [3.63, 3.8) is 0 Å². The predicted molar refractivity (Wildman–Crippen MR) is 121 cm³/mol. The van der Waals surface area contributed by atoms with Crippen LogP contribution in [0, 0.1) is 6.92 Å². The summed E-state index contributed by atoms with van der Waals surface area (Å²) in [5.74, 6) is 0.873. The van der Waals surface area contributed by atoms with E-state index in [0.717, 1.165) is 49.8 Å². The molecule has 0 radical (unpaired) electrons. The molecule has 1 fully saturated rings. The van der Waals surface area contributed by atoms with Gasteiger partial charge in [0.1, 0.15) is 6.54 Å². The first-order valence-electron chi connectivity index (χ1n) is 11.4. The lowest BCUT2D eigenvalue weighted by Gasteiger charge is -2.23. The Morgan fingerprint density at radius 2 is 1.90 bits per heavy atom. The molecule has 0 saturated heterocycles. The van der Waals surface area contributed by atoms with Crippen molar-refractivity contribution < 1.29 is 4.79 Å². The van der Waals surface area contributed by atoms with Gasteiger partial charge >= 0.3 is 0 Å². The topological polar surface area (TPSA) is 81.3 Å². The zero-order valence-corrected chi connectivity index (χ0v) is 18.4. The summed E-state index contributed by atoms with van der Waals surface area (Å²) in [4.78, 5) is 30.8. The number of amides is 1. The van der Waals surface area contributed by atoms with E-state index < -0.39 is 0 Å². The number of nitrogens with one attached hydrogen (secondary N) is 1. The molecule has 1 saturated carbocycles. The summed E-state index contributed by atoms with van der Waals surface area (Å²) in [6.07, 6.45) is 8.22. The highest BCUT2D eigenvalue weighted by Crippen LogP contribution is 2.19. The molecule has 0 bridgehead atoms. The molecular weight excluding hydrogens is 390 g/mol. The van der Waals surface area contributed by atoms with E-state index in [9.17, 15) is 9.59 Å². The van der Waals surface area contributed by atoms with Crippen LogP contribution in [-0.4, -0.2) is 31.1 Å². The fourth-order valence-corrected chi connectivity index (χ4v) is 4.41. The lowest BCUT2D eigenvalue weighted by atomic mass is 9.95. The van der Waals surface area contributed by atoms with E-state index in [2.05, 4.69) is 22.3 Å². The van der Waals surface area contributed by atoms with Crippen LogP contribution in [0.15, 0.2) is 35.1 Å². The van der Waals surface area contributed by atoms with E-state index in [1.54, 1.807) is 0 Å². The molecule has 1 aliphatic rings. The normalized spacial score (nSPS) is 14.8. The maximum Gasteiger partial charge on any atom is 0.279 e. The molecule has 0 aliphatic heterocycles. The van der Waals surface area contributed by atoms with Gasteiger partial charge in [0.2, 0.25) is 11.7 Å². The monoisotopic (exact) mass is 421 g/mol. The molecular formula is C24H31N5O2. The fraction of sp³-hybridized carbons (Fsp3) is 0.500. The van der Waals surface area contributed by atoms with Crippen LogP contribution in [0.1, 0.15) is 63.1 Å². The van der Waals surface area contributed by atoms with Crippen LogP contribution in [0.3, 0.4) is 0 Å². The van der Waals surface area contributed by atoms with Gasteiger partial charge in [0, 0.05) is 22.9 Å². The number of carbonyl (C=O) groups is 1. The van der Waals surface area contributed by atoms with Crippen LogP contribution < -0.4 is 10.9 Å². The maximum absolute atomic E-state index is 13.2. The van der Waals surface area contributed by atoms with Gasteiger partial charge in [-0.15, -0.1) is 5.10 Å². The van der Waals surface area contributed by atoms with Gasteiger partial charge in [-0.25, -0.2) is 0 Å². The lowest BCUT2D eigenvalue weighted by Crippen LogP contribution is -2.39. The number of hydrogen-bond acceptors (Lipinski definition) is 4. The average Bonchev–Trinajstić information content (AvgIpc) is 3.24. The molecule has 1 aromatic carbocycles. The van der Waals surface area contributed by atoms with Gasteiger partial charge in [0.05, 0.1) is 0 Å². The van der Waals surface area contributed by atoms with E-state index in [4.69, 9.17) is 0 Å². The molecule has 0 spiro atoms. The molecule has 1 N–H and O–H groups in total. The van der Waals surface area contributed by atoms with Crippen LogP contribution >= 0.6 is 0 Å². The Balaban J connectivity index is 1.74. The van der Waals surface area contributed by atoms with Gasteiger partial charge in [-0.3, -0.25) is 9.59 Å². The van der Waals surface area contributed by atoms with Crippen LogP contribution in [0.2, 0.25) is 0 Å². The molecule has 164 valence electrons. The standard InChI is InChI=1S/C24H31N5O2/c1-3-4-15-20-17(2)28(16-21(30)25-19-13-9-6-10-14-19)24-26-22(27-29(24)23(20)31)18-11-7-5-8-12-18/h5,7-8,11-12,19H,3-4,6,9-10,13-16H2,1-2H3,(H,25,30). The van der Waals surface area contributed by atoms with Gasteiger partial charge < -0.3 is 9.88 Å². The number of carbonyl (C=O) groups excluding carboxylic acids is 1. The molecule has 7 heteroatoms. The minimum atomic E-state index is -0.139. The summed E-state index contributed by atoms with van der Waals surface area (Å²) in [6, 6.07) is 9.86. The highest BCUT2D eigenvalue weighted by molar-refractivity contribution is 5.77. The van der Waals surface area contributed by atoms with Gasteiger partial charge in [-0.05, 0) is 32.6 Å². The molecule has 2 aromatic heterocycles. The number of nitrogens with zero attached hydrogens (tertiary/aromatic N) is 4. The number of benzene rings is 1. The van der Waals surface area contributed by atoms with Gasteiger partial charge in [-0.1, -0.05) is 62.9 Å². The van der Waals surface area contributed by atoms with Crippen LogP contribution in [-0.2, 0) is 17.8 Å². The van der Waals surface area contributed by atoms with Crippen molar-refractivity contribution in [2.75, 3.05) is 0 Å². The van der Waals surface area contributed by atoms with E-state index in [1.807, 2.05) is 41.8 Å². The molecule has 7 nitrogen and oxygen atoms in total. The number of fused-ring (bicyclic) bond motifs is 1. The van der Waals surface area contributed by atoms with Crippen molar-refractivity contribution in [1.82, 2.24) is 24.5 Å². The Labute approximate surface area is 182 Å². The van der Waals surface area contributed by atoms with Crippen LogP contribution in [0.25, 0.3) is 17.2 Å². The Morgan fingerprint density at radius 3 is 2.61 bits per heavy atom. The molecule has 0 atom stereocenters.